The second kappa shape index (κ2) is 10.2. The minimum atomic E-state index is -0.297. The number of ether oxygens (including phenoxy) is 2. The minimum absolute atomic E-state index is 0.187. The summed E-state index contributed by atoms with van der Waals surface area (Å²) in [5, 5.41) is 0. The number of pyridine rings is 1. The van der Waals surface area contributed by atoms with Crippen LogP contribution < -0.4 is 4.74 Å². The number of hydrogen-bond donors (Lipinski definition) is 0. The average molecular weight is 463 g/mol. The molecule has 2 aliphatic carbocycles. The summed E-state index contributed by atoms with van der Waals surface area (Å²) in [7, 11) is 1.79. The maximum Gasteiger partial charge on any atom is 0.409 e. The molecular formula is C24H31ClN2O3S. The zero-order valence-corrected chi connectivity index (χ0v) is 19.9. The molecule has 0 bridgehead atoms. The van der Waals surface area contributed by atoms with Crippen molar-refractivity contribution in [3.8, 4) is 16.3 Å². The highest BCUT2D eigenvalue weighted by Gasteiger charge is 2.23. The molecule has 0 saturated heterocycles. The van der Waals surface area contributed by atoms with Crippen molar-refractivity contribution in [2.75, 3.05) is 13.6 Å². The highest BCUT2D eigenvalue weighted by Crippen LogP contribution is 2.37. The van der Waals surface area contributed by atoms with Crippen molar-refractivity contribution in [3.63, 3.8) is 0 Å². The smallest absolute Gasteiger partial charge is 0.409 e. The molecule has 2 aromatic rings. The molecule has 2 aromatic heterocycles. The lowest BCUT2D eigenvalue weighted by atomic mass is 9.98. The van der Waals surface area contributed by atoms with Crippen molar-refractivity contribution in [1.82, 2.24) is 9.88 Å². The van der Waals surface area contributed by atoms with Gasteiger partial charge >= 0.3 is 6.09 Å². The number of carbonyl (C=O) groups is 1. The molecule has 0 atom stereocenters. The van der Waals surface area contributed by atoms with Crippen molar-refractivity contribution < 1.29 is 14.3 Å². The van der Waals surface area contributed by atoms with E-state index in [9.17, 15) is 4.79 Å². The highest BCUT2D eigenvalue weighted by atomic mass is 35.5. The Hall–Kier alpha value is -1.79. The summed E-state index contributed by atoms with van der Waals surface area (Å²) in [6.45, 7) is 2.90. The van der Waals surface area contributed by atoms with Gasteiger partial charge in [0.15, 0.2) is 0 Å². The van der Waals surface area contributed by atoms with E-state index in [1.54, 1.807) is 11.9 Å². The monoisotopic (exact) mass is 462 g/mol. The molecule has 5 nitrogen and oxygen atoms in total. The van der Waals surface area contributed by atoms with Gasteiger partial charge in [-0.3, -0.25) is 0 Å². The number of rotatable bonds is 8. The number of thiophene rings is 1. The van der Waals surface area contributed by atoms with Gasteiger partial charge < -0.3 is 14.4 Å². The van der Waals surface area contributed by atoms with Gasteiger partial charge in [-0.1, -0.05) is 30.9 Å². The Labute approximate surface area is 193 Å². The van der Waals surface area contributed by atoms with Gasteiger partial charge in [-0.25, -0.2) is 9.78 Å². The van der Waals surface area contributed by atoms with E-state index in [2.05, 4.69) is 0 Å². The normalized spacial score (nSPS) is 16.9. The van der Waals surface area contributed by atoms with Crippen molar-refractivity contribution in [3.05, 3.63) is 33.8 Å². The van der Waals surface area contributed by atoms with Crippen LogP contribution in [0.15, 0.2) is 18.2 Å². The van der Waals surface area contributed by atoms with Crippen LogP contribution in [0.2, 0.25) is 4.34 Å². The number of aryl methyl sites for hydroxylation is 1. The highest BCUT2D eigenvalue weighted by molar-refractivity contribution is 7.19. The van der Waals surface area contributed by atoms with Gasteiger partial charge in [0.1, 0.15) is 12.4 Å². The van der Waals surface area contributed by atoms with Crippen LogP contribution in [0.3, 0.4) is 0 Å². The van der Waals surface area contributed by atoms with Gasteiger partial charge in [0.25, 0.3) is 0 Å². The van der Waals surface area contributed by atoms with Crippen LogP contribution >= 0.6 is 22.9 Å². The summed E-state index contributed by atoms with van der Waals surface area (Å²) in [4.78, 5) is 19.7. The fourth-order valence-electron chi connectivity index (χ4n) is 4.00. The zero-order valence-electron chi connectivity index (χ0n) is 18.4. The molecule has 2 heterocycles. The first-order valence-electron chi connectivity index (χ1n) is 11.3. The molecular weight excluding hydrogens is 432 g/mol. The van der Waals surface area contributed by atoms with E-state index in [0.717, 1.165) is 59.3 Å². The van der Waals surface area contributed by atoms with E-state index in [4.69, 9.17) is 26.1 Å². The number of halogens is 1. The van der Waals surface area contributed by atoms with Crippen molar-refractivity contribution in [2.24, 2.45) is 5.92 Å². The lowest BCUT2D eigenvalue weighted by molar-refractivity contribution is 0.104. The summed E-state index contributed by atoms with van der Waals surface area (Å²) in [5.41, 5.74) is 2.58. The van der Waals surface area contributed by atoms with Crippen LogP contribution in [0.5, 0.6) is 5.75 Å². The molecule has 2 saturated carbocycles. The molecule has 1 amide bonds. The molecule has 2 fully saturated rings. The van der Waals surface area contributed by atoms with Crippen LogP contribution in [0.4, 0.5) is 4.79 Å². The fraction of sp³-hybridized carbons (Fsp3) is 0.583. The van der Waals surface area contributed by atoms with E-state index in [-0.39, 0.29) is 12.7 Å². The second-order valence-corrected chi connectivity index (χ2v) is 10.5. The summed E-state index contributed by atoms with van der Waals surface area (Å²) < 4.78 is 12.4. The van der Waals surface area contributed by atoms with E-state index >= 15 is 0 Å². The van der Waals surface area contributed by atoms with E-state index < -0.39 is 0 Å². The third-order valence-electron chi connectivity index (χ3n) is 6.13. The molecule has 4 rings (SSSR count). The van der Waals surface area contributed by atoms with Crippen LogP contribution in [0, 0.1) is 12.8 Å². The van der Waals surface area contributed by atoms with E-state index in [1.807, 2.05) is 25.1 Å². The van der Waals surface area contributed by atoms with E-state index in [0.29, 0.717) is 10.4 Å². The number of aromatic nitrogens is 1. The fourth-order valence-corrected chi connectivity index (χ4v) is 5.23. The molecule has 0 unspecified atom stereocenters. The van der Waals surface area contributed by atoms with Crippen LogP contribution in [-0.4, -0.2) is 35.7 Å². The van der Waals surface area contributed by atoms with Gasteiger partial charge in [0.05, 0.1) is 26.7 Å². The predicted molar refractivity (Wildman–Crippen MR) is 125 cm³/mol. The van der Waals surface area contributed by atoms with Gasteiger partial charge in [0.2, 0.25) is 0 Å². The number of nitrogens with zero attached hydrogens (tertiary/aromatic N) is 2. The number of carbonyl (C=O) groups excluding carboxylic acids is 1. The number of amides is 1. The predicted octanol–water partition coefficient (Wildman–Crippen LogP) is 6.85. The topological polar surface area (TPSA) is 51.7 Å². The van der Waals surface area contributed by atoms with Crippen LogP contribution in [0.25, 0.3) is 10.6 Å². The van der Waals surface area contributed by atoms with Gasteiger partial charge in [-0.15, -0.1) is 11.3 Å². The van der Waals surface area contributed by atoms with Crippen molar-refractivity contribution in [1.29, 1.82) is 0 Å². The first-order valence-corrected chi connectivity index (χ1v) is 12.5. The van der Waals surface area contributed by atoms with Gasteiger partial charge in [-0.2, -0.15) is 0 Å². The standard InChI is InChI=1S/C24H31ClN2O3S/c1-16-21(30-19-6-4-3-5-7-19)11-10-20(26-16)23-18(14-22(25)31-23)15-29-24(28)27(2)13-12-17-8-9-17/h10-11,14,17,19H,3-9,12-13,15H2,1-2H3. The molecule has 0 N–H and O–H groups in total. The summed E-state index contributed by atoms with van der Waals surface area (Å²) >= 11 is 7.76. The average Bonchev–Trinajstić information content (AvgIpc) is 3.53. The number of hydrogen-bond acceptors (Lipinski definition) is 5. The zero-order chi connectivity index (χ0) is 21.8. The Morgan fingerprint density at radius 3 is 2.71 bits per heavy atom. The molecule has 2 aliphatic rings. The summed E-state index contributed by atoms with van der Waals surface area (Å²) in [6, 6.07) is 5.84. The molecule has 0 aromatic carbocycles. The van der Waals surface area contributed by atoms with Gasteiger partial charge in [0, 0.05) is 19.2 Å². The van der Waals surface area contributed by atoms with Gasteiger partial charge in [-0.05, 0) is 63.1 Å². The molecule has 168 valence electrons. The van der Waals surface area contributed by atoms with Crippen molar-refractivity contribution >= 4 is 29.0 Å². The Balaban J connectivity index is 1.40. The second-order valence-electron chi connectivity index (χ2n) is 8.77. The quantitative estimate of drug-likeness (QED) is 0.430. The Kier molecular flexibility index (Phi) is 7.39. The molecule has 31 heavy (non-hydrogen) atoms. The van der Waals surface area contributed by atoms with Crippen LogP contribution in [-0.2, 0) is 11.3 Å². The summed E-state index contributed by atoms with van der Waals surface area (Å²) in [5.74, 6) is 1.64. The Morgan fingerprint density at radius 1 is 1.23 bits per heavy atom. The molecule has 0 radical (unpaired) electrons. The van der Waals surface area contributed by atoms with E-state index in [1.165, 1.54) is 43.4 Å². The summed E-state index contributed by atoms with van der Waals surface area (Å²) in [6.07, 6.45) is 9.64. The lowest BCUT2D eigenvalue weighted by Gasteiger charge is -2.23. The third-order valence-corrected chi connectivity index (χ3v) is 7.46. The maximum atomic E-state index is 12.3. The third kappa shape index (κ3) is 6.13. The SMILES string of the molecule is Cc1nc(-c2sc(Cl)cc2COC(=O)N(C)CCC2CC2)ccc1OC1CCCCC1. The largest absolute Gasteiger partial charge is 0.489 e. The minimum Gasteiger partial charge on any atom is -0.489 e. The van der Waals surface area contributed by atoms with Crippen molar-refractivity contribution in [2.45, 2.75) is 71.0 Å². The van der Waals surface area contributed by atoms with Crippen LogP contribution in [0.1, 0.15) is 62.6 Å². The Bertz CT molecular complexity index is 906. The molecule has 0 spiro atoms. The molecule has 0 aliphatic heterocycles. The Morgan fingerprint density at radius 2 is 2.00 bits per heavy atom. The maximum absolute atomic E-state index is 12.3. The molecule has 7 heteroatoms. The lowest BCUT2D eigenvalue weighted by Crippen LogP contribution is -2.28. The first kappa shape index (κ1) is 22.4. The first-order chi connectivity index (χ1) is 15.0.